The second kappa shape index (κ2) is 6.42. The molecule has 0 saturated heterocycles. The van der Waals surface area contributed by atoms with Crippen LogP contribution in [0.15, 0.2) is 30.3 Å². The molecule has 0 radical (unpaired) electrons. The summed E-state index contributed by atoms with van der Waals surface area (Å²) in [7, 11) is 0. The molecule has 1 unspecified atom stereocenters. The van der Waals surface area contributed by atoms with Crippen LogP contribution in [-0.2, 0) is 4.79 Å². The van der Waals surface area contributed by atoms with E-state index in [1.54, 1.807) is 24.3 Å². The fourth-order valence-electron chi connectivity index (χ4n) is 1.86. The molecule has 2 rings (SSSR count). The van der Waals surface area contributed by atoms with Crippen LogP contribution in [0, 0.1) is 0 Å². The van der Waals surface area contributed by atoms with Crippen LogP contribution in [0.2, 0.25) is 20.1 Å². The third-order valence-corrected chi connectivity index (χ3v) is 4.41. The Bertz CT molecular complexity index is 716. The molecule has 110 valence electrons. The van der Waals surface area contributed by atoms with Crippen molar-refractivity contribution in [2.24, 2.45) is 0 Å². The zero-order valence-electron chi connectivity index (χ0n) is 10.3. The van der Waals surface area contributed by atoms with Crippen LogP contribution >= 0.6 is 46.4 Å². The van der Waals surface area contributed by atoms with Gasteiger partial charge in [0.2, 0.25) is 0 Å². The highest BCUT2D eigenvalue weighted by Gasteiger charge is 2.23. The second-order valence-corrected chi connectivity index (χ2v) is 5.74. The van der Waals surface area contributed by atoms with Crippen LogP contribution in [0.5, 0.6) is 0 Å². The van der Waals surface area contributed by atoms with Gasteiger partial charge in [-0.15, -0.1) is 0 Å². The smallest absolute Gasteiger partial charge is 0.337 e. The monoisotopic (exact) mass is 364 g/mol. The highest BCUT2D eigenvalue weighted by atomic mass is 35.5. The molecule has 2 aromatic rings. The molecule has 0 fully saturated rings. The van der Waals surface area contributed by atoms with Gasteiger partial charge >= 0.3 is 5.97 Å². The molecule has 2 N–H and O–H groups in total. The number of halogens is 4. The van der Waals surface area contributed by atoms with E-state index in [2.05, 4.69) is 0 Å². The summed E-state index contributed by atoms with van der Waals surface area (Å²) in [5, 5.41) is 19.4. The summed E-state index contributed by atoms with van der Waals surface area (Å²) in [5.41, 5.74) is 0.830. The summed E-state index contributed by atoms with van der Waals surface area (Å²) in [6, 6.07) is 7.68. The Balaban J connectivity index is 2.70. The van der Waals surface area contributed by atoms with Crippen LogP contribution in [0.1, 0.15) is 11.7 Å². The van der Waals surface area contributed by atoms with Crippen molar-refractivity contribution in [1.29, 1.82) is 0 Å². The Morgan fingerprint density at radius 1 is 0.952 bits per heavy atom. The Morgan fingerprint density at radius 3 is 2.19 bits per heavy atom. The summed E-state index contributed by atoms with van der Waals surface area (Å²) in [4.78, 5) is 10.9. The van der Waals surface area contributed by atoms with Gasteiger partial charge in [-0.1, -0.05) is 64.6 Å². The van der Waals surface area contributed by atoms with Crippen LogP contribution in [0.4, 0.5) is 0 Å². The molecular weight excluding hydrogens is 358 g/mol. The van der Waals surface area contributed by atoms with Crippen LogP contribution in [0.25, 0.3) is 11.1 Å². The second-order valence-electron chi connectivity index (χ2n) is 4.17. The van der Waals surface area contributed by atoms with Crippen molar-refractivity contribution >= 4 is 52.4 Å². The van der Waals surface area contributed by atoms with E-state index in [1.807, 2.05) is 0 Å². The first-order chi connectivity index (χ1) is 9.84. The Morgan fingerprint density at radius 2 is 1.57 bits per heavy atom. The third kappa shape index (κ3) is 3.12. The van der Waals surface area contributed by atoms with E-state index < -0.39 is 12.1 Å². The van der Waals surface area contributed by atoms with Gasteiger partial charge in [-0.3, -0.25) is 0 Å². The predicted octanol–water partition coefficient (Wildman–Crippen LogP) is 5.09. The normalized spacial score (nSPS) is 12.2. The van der Waals surface area contributed by atoms with Crippen molar-refractivity contribution in [3.63, 3.8) is 0 Å². The van der Waals surface area contributed by atoms with Crippen molar-refractivity contribution in [3.05, 3.63) is 56.0 Å². The van der Waals surface area contributed by atoms with Crippen molar-refractivity contribution in [2.45, 2.75) is 6.10 Å². The summed E-state index contributed by atoms with van der Waals surface area (Å²) < 4.78 is 0. The topological polar surface area (TPSA) is 57.5 Å². The molecule has 0 aliphatic heterocycles. The summed E-state index contributed by atoms with van der Waals surface area (Å²) in [6.07, 6.45) is -1.74. The first-order valence-electron chi connectivity index (χ1n) is 5.67. The zero-order chi connectivity index (χ0) is 15.7. The molecule has 0 amide bonds. The zero-order valence-corrected chi connectivity index (χ0v) is 13.3. The van der Waals surface area contributed by atoms with Gasteiger partial charge in [0.25, 0.3) is 0 Å². The number of aliphatic hydroxyl groups is 1. The summed E-state index contributed by atoms with van der Waals surface area (Å²) in [5.74, 6) is -1.41. The highest BCUT2D eigenvalue weighted by molar-refractivity contribution is 6.47. The standard InChI is InChI=1S/C14H8Cl4O3/c15-8-4-5-9(16)12(18)10(8)6-2-1-3-7(11(6)17)13(19)14(20)21/h1-5,13,19H,(H,20,21). The minimum Gasteiger partial charge on any atom is -0.479 e. The minimum atomic E-state index is -1.74. The average Bonchev–Trinajstić information content (AvgIpc) is 2.44. The SMILES string of the molecule is O=C(O)C(O)c1cccc(-c2c(Cl)ccc(Cl)c2Cl)c1Cl. The molecular formula is C14H8Cl4O3. The van der Waals surface area contributed by atoms with E-state index in [1.165, 1.54) is 6.07 Å². The van der Waals surface area contributed by atoms with Gasteiger partial charge in [-0.25, -0.2) is 4.79 Å². The largest absolute Gasteiger partial charge is 0.479 e. The first kappa shape index (κ1) is 16.4. The molecule has 7 heteroatoms. The number of aliphatic hydroxyl groups excluding tert-OH is 1. The van der Waals surface area contributed by atoms with Crippen molar-refractivity contribution in [2.75, 3.05) is 0 Å². The number of carboxylic acids is 1. The lowest BCUT2D eigenvalue weighted by Gasteiger charge is -2.14. The van der Waals surface area contributed by atoms with E-state index in [-0.39, 0.29) is 20.6 Å². The number of carboxylic acid groups (broad SMARTS) is 1. The first-order valence-corrected chi connectivity index (χ1v) is 7.19. The van der Waals surface area contributed by atoms with Crippen molar-refractivity contribution < 1.29 is 15.0 Å². The van der Waals surface area contributed by atoms with Crippen LogP contribution < -0.4 is 0 Å². The number of carbonyl (C=O) groups is 1. The molecule has 0 aliphatic carbocycles. The molecule has 2 aromatic carbocycles. The number of hydrogen-bond acceptors (Lipinski definition) is 2. The maximum Gasteiger partial charge on any atom is 0.337 e. The van der Waals surface area contributed by atoms with Gasteiger partial charge in [-0.05, 0) is 12.1 Å². The lowest BCUT2D eigenvalue weighted by molar-refractivity contribution is -0.146. The molecule has 0 aliphatic rings. The third-order valence-electron chi connectivity index (χ3n) is 2.87. The van der Waals surface area contributed by atoms with Gasteiger partial charge < -0.3 is 10.2 Å². The number of rotatable bonds is 3. The van der Waals surface area contributed by atoms with E-state index in [4.69, 9.17) is 51.5 Å². The van der Waals surface area contributed by atoms with Crippen LogP contribution in [-0.4, -0.2) is 16.2 Å². The van der Waals surface area contributed by atoms with Crippen molar-refractivity contribution in [1.82, 2.24) is 0 Å². The van der Waals surface area contributed by atoms with Gasteiger partial charge in [0.05, 0.1) is 20.1 Å². The van der Waals surface area contributed by atoms with Crippen LogP contribution in [0.3, 0.4) is 0 Å². The predicted molar refractivity (Wildman–Crippen MR) is 84.5 cm³/mol. The maximum atomic E-state index is 10.9. The average molecular weight is 366 g/mol. The molecule has 0 aromatic heterocycles. The molecule has 0 bridgehead atoms. The highest BCUT2D eigenvalue weighted by Crippen LogP contribution is 2.43. The molecule has 3 nitrogen and oxygen atoms in total. The maximum absolute atomic E-state index is 10.9. The van der Waals surface area contributed by atoms with Gasteiger partial charge in [0.15, 0.2) is 6.10 Å². The lowest BCUT2D eigenvalue weighted by Crippen LogP contribution is -2.11. The number of hydrogen-bond donors (Lipinski definition) is 2. The van der Waals surface area contributed by atoms with E-state index in [0.29, 0.717) is 16.1 Å². The fourth-order valence-corrected chi connectivity index (χ4v) is 2.92. The fraction of sp³-hybridized carbons (Fsp3) is 0.0714. The number of benzene rings is 2. The van der Waals surface area contributed by atoms with Gasteiger partial charge in [0.1, 0.15) is 0 Å². The van der Waals surface area contributed by atoms with Gasteiger partial charge in [-0.2, -0.15) is 0 Å². The Labute approximate surface area is 140 Å². The number of aliphatic carboxylic acids is 1. The molecule has 0 heterocycles. The van der Waals surface area contributed by atoms with Crippen molar-refractivity contribution in [3.8, 4) is 11.1 Å². The quantitative estimate of drug-likeness (QED) is 0.745. The molecule has 0 spiro atoms. The summed E-state index contributed by atoms with van der Waals surface area (Å²) >= 11 is 24.4. The Hall–Kier alpha value is -0.970. The van der Waals surface area contributed by atoms with Gasteiger partial charge in [0, 0.05) is 16.7 Å². The molecule has 21 heavy (non-hydrogen) atoms. The molecule has 1 atom stereocenters. The summed E-state index contributed by atoms with van der Waals surface area (Å²) in [6.45, 7) is 0. The van der Waals surface area contributed by atoms with E-state index in [9.17, 15) is 9.90 Å². The molecule has 0 saturated carbocycles. The lowest BCUT2D eigenvalue weighted by atomic mass is 10.00. The minimum absolute atomic E-state index is 0.0498. The van der Waals surface area contributed by atoms with E-state index >= 15 is 0 Å². The Kier molecular flexibility index (Phi) is 5.02. The van der Waals surface area contributed by atoms with E-state index in [0.717, 1.165) is 0 Å².